The first-order valence-electron chi connectivity index (χ1n) is 9.71. The molecule has 4 rings (SSSR count). The van der Waals surface area contributed by atoms with Crippen LogP contribution in [0.4, 0.5) is 5.69 Å². The number of methoxy groups -OCH3 is 4. The molecule has 32 heavy (non-hydrogen) atoms. The van der Waals surface area contributed by atoms with Gasteiger partial charge in [0.2, 0.25) is 0 Å². The van der Waals surface area contributed by atoms with Crippen LogP contribution in [-0.2, 0) is 7.05 Å². The maximum absolute atomic E-state index is 13.0. The van der Waals surface area contributed by atoms with Gasteiger partial charge in [-0.05, 0) is 36.4 Å². The molecule has 0 saturated heterocycles. The van der Waals surface area contributed by atoms with E-state index in [0.29, 0.717) is 33.6 Å². The summed E-state index contributed by atoms with van der Waals surface area (Å²) in [6, 6.07) is 12.7. The van der Waals surface area contributed by atoms with E-state index in [1.54, 1.807) is 51.3 Å². The van der Waals surface area contributed by atoms with Crippen LogP contribution in [0.3, 0.4) is 0 Å². The molecule has 0 saturated carbocycles. The maximum atomic E-state index is 13.0. The first-order valence-corrected chi connectivity index (χ1v) is 10.5. The molecule has 2 aromatic carbocycles. The highest BCUT2D eigenvalue weighted by molar-refractivity contribution is 7.20. The summed E-state index contributed by atoms with van der Waals surface area (Å²) >= 11 is 1.37. The van der Waals surface area contributed by atoms with Crippen molar-refractivity contribution >= 4 is 33.1 Å². The molecule has 1 amide bonds. The summed E-state index contributed by atoms with van der Waals surface area (Å²) in [6.07, 6.45) is 0. The van der Waals surface area contributed by atoms with E-state index in [2.05, 4.69) is 10.4 Å². The van der Waals surface area contributed by atoms with Gasteiger partial charge in [-0.3, -0.25) is 9.48 Å². The van der Waals surface area contributed by atoms with Gasteiger partial charge in [-0.2, -0.15) is 5.10 Å². The SMILES string of the molecule is COc1ccc(OC)c(NC(=O)c2cc3c(-c4ccc(OC)c(OC)c4)nn(C)c3s2)c1. The standard InChI is InChI=1S/C23H23N3O5S/c1-26-23-15(21(25-26)13-6-8-18(30-4)19(10-13)31-5)12-20(32-23)22(27)24-16-11-14(28-2)7-9-17(16)29-3/h6-12H,1-5H3,(H,24,27). The van der Waals surface area contributed by atoms with Gasteiger partial charge in [0, 0.05) is 24.1 Å². The van der Waals surface area contributed by atoms with Crippen molar-refractivity contribution in [1.29, 1.82) is 0 Å². The number of ether oxygens (including phenoxy) is 4. The molecule has 0 aliphatic heterocycles. The van der Waals surface area contributed by atoms with Gasteiger partial charge in [-0.25, -0.2) is 0 Å². The molecule has 2 heterocycles. The second-order valence-electron chi connectivity index (χ2n) is 6.89. The molecule has 0 bridgehead atoms. The van der Waals surface area contributed by atoms with Crippen LogP contribution in [0.5, 0.6) is 23.0 Å². The third kappa shape index (κ3) is 3.82. The zero-order chi connectivity index (χ0) is 22.8. The molecule has 166 valence electrons. The number of nitrogens with one attached hydrogen (secondary N) is 1. The van der Waals surface area contributed by atoms with E-state index >= 15 is 0 Å². The Morgan fingerprint density at radius 3 is 2.31 bits per heavy atom. The van der Waals surface area contributed by atoms with E-state index in [-0.39, 0.29) is 5.91 Å². The normalized spacial score (nSPS) is 10.8. The molecule has 1 N–H and O–H groups in total. The number of aromatic nitrogens is 2. The Balaban J connectivity index is 1.70. The van der Waals surface area contributed by atoms with Crippen LogP contribution in [-0.4, -0.2) is 44.1 Å². The molecule has 0 radical (unpaired) electrons. The number of thiophene rings is 1. The summed E-state index contributed by atoms with van der Waals surface area (Å²) in [5, 5.41) is 8.45. The lowest BCUT2D eigenvalue weighted by molar-refractivity contribution is 0.103. The molecule has 9 heteroatoms. The number of rotatable bonds is 7. The fourth-order valence-corrected chi connectivity index (χ4v) is 4.41. The fourth-order valence-electron chi connectivity index (χ4n) is 3.45. The van der Waals surface area contributed by atoms with Gasteiger partial charge in [0.15, 0.2) is 11.5 Å². The molecule has 0 atom stereocenters. The van der Waals surface area contributed by atoms with Gasteiger partial charge in [0.25, 0.3) is 5.91 Å². The molecule has 0 fully saturated rings. The fraction of sp³-hybridized carbons (Fsp3) is 0.217. The van der Waals surface area contributed by atoms with Crippen molar-refractivity contribution in [2.45, 2.75) is 0 Å². The molecule has 0 unspecified atom stereocenters. The minimum atomic E-state index is -0.240. The highest BCUT2D eigenvalue weighted by Crippen LogP contribution is 2.38. The molecule has 0 aliphatic rings. The Morgan fingerprint density at radius 1 is 0.906 bits per heavy atom. The highest BCUT2D eigenvalue weighted by Gasteiger charge is 2.20. The van der Waals surface area contributed by atoms with Crippen molar-refractivity contribution in [3.8, 4) is 34.3 Å². The van der Waals surface area contributed by atoms with Crippen molar-refractivity contribution in [3.05, 3.63) is 47.3 Å². The summed E-state index contributed by atoms with van der Waals surface area (Å²) in [5.41, 5.74) is 2.16. The van der Waals surface area contributed by atoms with E-state index in [1.807, 2.05) is 31.3 Å². The second kappa shape index (κ2) is 8.80. The number of benzene rings is 2. The van der Waals surface area contributed by atoms with Gasteiger partial charge >= 0.3 is 0 Å². The molecule has 0 aliphatic carbocycles. The Morgan fingerprint density at radius 2 is 1.62 bits per heavy atom. The van der Waals surface area contributed by atoms with Crippen LogP contribution in [0.2, 0.25) is 0 Å². The Kier molecular flexibility index (Phi) is 5.91. The molecule has 0 spiro atoms. The number of nitrogens with zero attached hydrogens (tertiary/aromatic N) is 2. The topological polar surface area (TPSA) is 83.8 Å². The van der Waals surface area contributed by atoms with Gasteiger partial charge in [-0.15, -0.1) is 11.3 Å². The van der Waals surface area contributed by atoms with Gasteiger partial charge < -0.3 is 24.3 Å². The second-order valence-corrected chi connectivity index (χ2v) is 7.92. The van der Waals surface area contributed by atoms with Gasteiger partial charge in [0.05, 0.1) is 39.0 Å². The highest BCUT2D eigenvalue weighted by atomic mass is 32.1. The lowest BCUT2D eigenvalue weighted by Crippen LogP contribution is -2.11. The Bertz CT molecular complexity index is 1290. The number of amides is 1. The van der Waals surface area contributed by atoms with Crippen LogP contribution in [0.15, 0.2) is 42.5 Å². The smallest absolute Gasteiger partial charge is 0.265 e. The van der Waals surface area contributed by atoms with E-state index < -0.39 is 0 Å². The number of hydrogen-bond donors (Lipinski definition) is 1. The summed E-state index contributed by atoms with van der Waals surface area (Å²) in [6.45, 7) is 0. The summed E-state index contributed by atoms with van der Waals surface area (Å²) in [4.78, 5) is 14.5. The number of aryl methyl sites for hydroxylation is 1. The largest absolute Gasteiger partial charge is 0.497 e. The predicted octanol–water partition coefficient (Wildman–Crippen LogP) is 4.59. The van der Waals surface area contributed by atoms with Crippen LogP contribution >= 0.6 is 11.3 Å². The molecule has 8 nitrogen and oxygen atoms in total. The van der Waals surface area contributed by atoms with E-state index in [1.165, 1.54) is 11.3 Å². The van der Waals surface area contributed by atoms with Crippen LogP contribution in [0.25, 0.3) is 21.5 Å². The quantitative estimate of drug-likeness (QED) is 0.441. The molecular formula is C23H23N3O5S. The number of carbonyl (C=O) groups excluding carboxylic acids is 1. The van der Waals surface area contributed by atoms with Crippen molar-refractivity contribution in [2.24, 2.45) is 7.05 Å². The summed E-state index contributed by atoms with van der Waals surface area (Å²) in [5.74, 6) is 2.18. The monoisotopic (exact) mass is 453 g/mol. The predicted molar refractivity (Wildman–Crippen MR) is 125 cm³/mol. The van der Waals surface area contributed by atoms with Crippen molar-refractivity contribution in [1.82, 2.24) is 9.78 Å². The third-order valence-electron chi connectivity index (χ3n) is 5.05. The van der Waals surface area contributed by atoms with Crippen LogP contribution in [0, 0.1) is 0 Å². The maximum Gasteiger partial charge on any atom is 0.265 e. The third-order valence-corrected chi connectivity index (χ3v) is 6.25. The minimum absolute atomic E-state index is 0.240. The van der Waals surface area contributed by atoms with Gasteiger partial charge in [0.1, 0.15) is 22.0 Å². The van der Waals surface area contributed by atoms with Gasteiger partial charge in [-0.1, -0.05) is 0 Å². The number of carbonyl (C=O) groups is 1. The van der Waals surface area contributed by atoms with E-state index in [0.717, 1.165) is 21.5 Å². The van der Waals surface area contributed by atoms with E-state index in [9.17, 15) is 4.79 Å². The first-order chi connectivity index (χ1) is 15.5. The zero-order valence-corrected chi connectivity index (χ0v) is 19.2. The lowest BCUT2D eigenvalue weighted by Gasteiger charge is -2.11. The van der Waals surface area contributed by atoms with E-state index in [4.69, 9.17) is 18.9 Å². The Hall–Kier alpha value is -3.72. The lowest BCUT2D eigenvalue weighted by atomic mass is 10.1. The minimum Gasteiger partial charge on any atom is -0.497 e. The van der Waals surface area contributed by atoms with Crippen molar-refractivity contribution in [3.63, 3.8) is 0 Å². The van der Waals surface area contributed by atoms with Crippen molar-refractivity contribution < 1.29 is 23.7 Å². The summed E-state index contributed by atoms with van der Waals surface area (Å²) in [7, 11) is 8.17. The molecule has 2 aromatic heterocycles. The average molecular weight is 454 g/mol. The van der Waals surface area contributed by atoms with Crippen LogP contribution in [0.1, 0.15) is 9.67 Å². The molecule has 4 aromatic rings. The number of anilines is 1. The molecular weight excluding hydrogens is 430 g/mol. The van der Waals surface area contributed by atoms with Crippen molar-refractivity contribution in [2.75, 3.05) is 33.8 Å². The number of fused-ring (bicyclic) bond motifs is 1. The average Bonchev–Trinajstić information content (AvgIpc) is 3.39. The number of hydrogen-bond acceptors (Lipinski definition) is 7. The Labute approximate surface area is 189 Å². The first kappa shape index (κ1) is 21.5. The summed E-state index contributed by atoms with van der Waals surface area (Å²) < 4.78 is 23.1. The van der Waals surface area contributed by atoms with Crippen LogP contribution < -0.4 is 24.3 Å². The zero-order valence-electron chi connectivity index (χ0n) is 18.4.